The van der Waals surface area contributed by atoms with E-state index in [9.17, 15) is 0 Å². The Morgan fingerprint density at radius 3 is 2.40 bits per heavy atom. The lowest BCUT2D eigenvalue weighted by Gasteiger charge is -2.06. The van der Waals surface area contributed by atoms with Crippen LogP contribution in [0.4, 0.5) is 5.69 Å². The molecule has 0 atom stereocenters. The van der Waals surface area contributed by atoms with Gasteiger partial charge in [-0.05, 0) is 47.9 Å². The molecular formula is C17H16N2O. The number of benzene rings is 2. The Kier molecular flexibility index (Phi) is 3.25. The molecule has 0 aliphatic heterocycles. The first-order chi connectivity index (χ1) is 9.78. The standard InChI is InChI=1S/C17H16N2O/c1-19-16-6-4-3-5-13(16)7-12-17(19)18-14-8-10-15(20-2)11-9-14/h3-12H,1-2H3. The second-order valence-corrected chi connectivity index (χ2v) is 4.62. The topological polar surface area (TPSA) is 26.5 Å². The van der Waals surface area contributed by atoms with Gasteiger partial charge < -0.3 is 9.30 Å². The molecule has 0 unspecified atom stereocenters. The van der Waals surface area contributed by atoms with E-state index in [1.165, 1.54) is 10.9 Å². The van der Waals surface area contributed by atoms with Crippen LogP contribution in [0.2, 0.25) is 0 Å². The Labute approximate surface area is 117 Å². The molecule has 0 saturated heterocycles. The highest BCUT2D eigenvalue weighted by molar-refractivity contribution is 5.78. The first-order valence-electron chi connectivity index (χ1n) is 6.51. The van der Waals surface area contributed by atoms with E-state index in [0.717, 1.165) is 16.9 Å². The van der Waals surface area contributed by atoms with Crippen molar-refractivity contribution in [2.45, 2.75) is 0 Å². The van der Waals surface area contributed by atoms with E-state index in [0.29, 0.717) is 0 Å². The summed E-state index contributed by atoms with van der Waals surface area (Å²) in [4.78, 5) is 4.67. The van der Waals surface area contributed by atoms with Crippen LogP contribution in [-0.4, -0.2) is 11.7 Å². The molecule has 3 rings (SSSR count). The van der Waals surface area contributed by atoms with Gasteiger partial charge in [0.05, 0.1) is 12.8 Å². The van der Waals surface area contributed by atoms with Gasteiger partial charge in [-0.3, -0.25) is 0 Å². The number of hydrogen-bond acceptors (Lipinski definition) is 2. The molecule has 0 spiro atoms. The van der Waals surface area contributed by atoms with Crippen LogP contribution >= 0.6 is 0 Å². The normalized spacial score (nSPS) is 11.8. The van der Waals surface area contributed by atoms with E-state index >= 15 is 0 Å². The quantitative estimate of drug-likeness (QED) is 0.696. The monoisotopic (exact) mass is 264 g/mol. The first-order valence-corrected chi connectivity index (χ1v) is 6.51. The van der Waals surface area contributed by atoms with Crippen molar-refractivity contribution in [3.8, 4) is 5.75 Å². The molecule has 100 valence electrons. The Morgan fingerprint density at radius 2 is 1.65 bits per heavy atom. The van der Waals surface area contributed by atoms with Gasteiger partial charge in [-0.1, -0.05) is 18.2 Å². The maximum atomic E-state index is 5.15. The van der Waals surface area contributed by atoms with Gasteiger partial charge in [0.25, 0.3) is 0 Å². The fraction of sp³-hybridized carbons (Fsp3) is 0.118. The third-order valence-electron chi connectivity index (χ3n) is 3.37. The van der Waals surface area contributed by atoms with Crippen molar-refractivity contribution in [1.82, 2.24) is 4.57 Å². The van der Waals surface area contributed by atoms with Crippen LogP contribution in [0, 0.1) is 0 Å². The number of methoxy groups -OCH3 is 1. The van der Waals surface area contributed by atoms with Crippen molar-refractivity contribution >= 4 is 16.6 Å². The van der Waals surface area contributed by atoms with Crippen LogP contribution in [-0.2, 0) is 7.05 Å². The average molecular weight is 264 g/mol. The van der Waals surface area contributed by atoms with Crippen molar-refractivity contribution < 1.29 is 4.74 Å². The largest absolute Gasteiger partial charge is 0.497 e. The Hall–Kier alpha value is -2.55. The van der Waals surface area contributed by atoms with Gasteiger partial charge in [0.2, 0.25) is 0 Å². The summed E-state index contributed by atoms with van der Waals surface area (Å²) in [6.07, 6.45) is 0. The van der Waals surface area contributed by atoms with Crippen LogP contribution < -0.4 is 10.2 Å². The molecule has 0 aliphatic rings. The van der Waals surface area contributed by atoms with Crippen molar-refractivity contribution in [2.75, 3.05) is 7.11 Å². The van der Waals surface area contributed by atoms with Gasteiger partial charge in [-0.25, -0.2) is 4.99 Å². The number of pyridine rings is 1. The second-order valence-electron chi connectivity index (χ2n) is 4.62. The third kappa shape index (κ3) is 2.30. The summed E-state index contributed by atoms with van der Waals surface area (Å²) in [6.45, 7) is 0. The van der Waals surface area contributed by atoms with E-state index in [-0.39, 0.29) is 0 Å². The molecule has 0 aliphatic carbocycles. The molecule has 1 heterocycles. The van der Waals surface area contributed by atoms with Gasteiger partial charge in [-0.2, -0.15) is 0 Å². The molecule has 2 aromatic carbocycles. The summed E-state index contributed by atoms with van der Waals surface area (Å²) in [5.41, 5.74) is 3.01. The zero-order chi connectivity index (χ0) is 13.9. The highest BCUT2D eigenvalue weighted by Gasteiger charge is 1.97. The summed E-state index contributed by atoms with van der Waals surface area (Å²) in [6, 6.07) is 20.2. The van der Waals surface area contributed by atoms with Gasteiger partial charge in [0.15, 0.2) is 0 Å². The number of hydrogen-bond donors (Lipinski definition) is 0. The minimum atomic E-state index is 0.840. The van der Waals surface area contributed by atoms with Crippen molar-refractivity contribution in [3.05, 3.63) is 66.2 Å². The Bertz CT molecular complexity index is 801. The Morgan fingerprint density at radius 1 is 0.900 bits per heavy atom. The summed E-state index contributed by atoms with van der Waals surface area (Å²) in [5.74, 6) is 0.840. The molecule has 3 aromatic rings. The van der Waals surface area contributed by atoms with E-state index in [1.54, 1.807) is 7.11 Å². The molecule has 0 radical (unpaired) electrons. The van der Waals surface area contributed by atoms with E-state index in [1.807, 2.05) is 49.5 Å². The number of ether oxygens (including phenoxy) is 1. The average Bonchev–Trinajstić information content (AvgIpc) is 2.51. The van der Waals surface area contributed by atoms with E-state index in [4.69, 9.17) is 4.74 Å². The molecular weight excluding hydrogens is 248 g/mol. The summed E-state index contributed by atoms with van der Waals surface area (Å²) >= 11 is 0. The minimum absolute atomic E-state index is 0.840. The van der Waals surface area contributed by atoms with Crippen LogP contribution in [0.3, 0.4) is 0 Å². The molecule has 1 aromatic heterocycles. The summed E-state index contributed by atoms with van der Waals surface area (Å²) in [5, 5.41) is 1.21. The maximum Gasteiger partial charge on any atom is 0.133 e. The molecule has 0 amide bonds. The predicted molar refractivity (Wildman–Crippen MR) is 81.1 cm³/mol. The summed E-state index contributed by atoms with van der Waals surface area (Å²) < 4.78 is 7.25. The van der Waals surface area contributed by atoms with Crippen LogP contribution in [0.5, 0.6) is 5.75 Å². The lowest BCUT2D eigenvalue weighted by atomic mass is 10.2. The number of nitrogens with zero attached hydrogens (tertiary/aromatic N) is 2. The fourth-order valence-corrected chi connectivity index (χ4v) is 2.23. The van der Waals surface area contributed by atoms with Crippen LogP contribution in [0.15, 0.2) is 65.7 Å². The molecule has 3 nitrogen and oxygen atoms in total. The van der Waals surface area contributed by atoms with E-state index < -0.39 is 0 Å². The molecule has 0 fully saturated rings. The SMILES string of the molecule is COc1ccc(N=c2ccc3ccccc3n2C)cc1. The molecule has 20 heavy (non-hydrogen) atoms. The number of aryl methyl sites for hydroxylation is 1. The van der Waals surface area contributed by atoms with E-state index in [2.05, 4.69) is 27.8 Å². The molecule has 0 bridgehead atoms. The summed E-state index contributed by atoms with van der Waals surface area (Å²) in [7, 11) is 3.69. The maximum absolute atomic E-state index is 5.15. The highest BCUT2D eigenvalue weighted by atomic mass is 16.5. The molecule has 0 N–H and O–H groups in total. The van der Waals surface area contributed by atoms with Crippen LogP contribution in [0.25, 0.3) is 10.9 Å². The highest BCUT2D eigenvalue weighted by Crippen LogP contribution is 2.17. The van der Waals surface area contributed by atoms with Gasteiger partial charge in [0, 0.05) is 12.6 Å². The molecule has 0 saturated carbocycles. The number of aromatic nitrogens is 1. The lowest BCUT2D eigenvalue weighted by molar-refractivity contribution is 0.415. The lowest BCUT2D eigenvalue weighted by Crippen LogP contribution is -2.16. The van der Waals surface area contributed by atoms with Gasteiger partial charge in [0.1, 0.15) is 11.2 Å². The number of fused-ring (bicyclic) bond motifs is 1. The smallest absolute Gasteiger partial charge is 0.133 e. The zero-order valence-electron chi connectivity index (χ0n) is 11.6. The Balaban J connectivity index is 2.13. The number of rotatable bonds is 2. The first kappa shape index (κ1) is 12.5. The van der Waals surface area contributed by atoms with Crippen molar-refractivity contribution in [1.29, 1.82) is 0 Å². The zero-order valence-corrected chi connectivity index (χ0v) is 11.6. The fourth-order valence-electron chi connectivity index (χ4n) is 2.23. The van der Waals surface area contributed by atoms with Gasteiger partial charge >= 0.3 is 0 Å². The number of para-hydroxylation sites is 1. The van der Waals surface area contributed by atoms with Crippen molar-refractivity contribution in [2.24, 2.45) is 12.0 Å². The molecule has 3 heteroatoms. The van der Waals surface area contributed by atoms with Gasteiger partial charge in [-0.15, -0.1) is 0 Å². The van der Waals surface area contributed by atoms with Crippen molar-refractivity contribution in [3.63, 3.8) is 0 Å². The second kappa shape index (κ2) is 5.21. The minimum Gasteiger partial charge on any atom is -0.497 e. The predicted octanol–water partition coefficient (Wildman–Crippen LogP) is 3.42. The third-order valence-corrected chi connectivity index (χ3v) is 3.37. The van der Waals surface area contributed by atoms with Crippen LogP contribution in [0.1, 0.15) is 0 Å².